The van der Waals surface area contributed by atoms with E-state index in [9.17, 15) is 0 Å². The maximum Gasteiger partial charge on any atom is 0.160 e. The molecule has 0 spiro atoms. The maximum atomic E-state index is 4.58. The Labute approximate surface area is 166 Å². The highest BCUT2D eigenvalue weighted by atomic mass is 32.1. The second-order valence-corrected chi connectivity index (χ2v) is 7.77. The molecule has 0 saturated carbocycles. The molecule has 0 aliphatic rings. The third kappa shape index (κ3) is 2.78. The highest BCUT2D eigenvalue weighted by molar-refractivity contribution is 7.18. The van der Waals surface area contributed by atoms with Crippen LogP contribution in [-0.2, 0) is 7.05 Å². The van der Waals surface area contributed by atoms with E-state index in [-0.39, 0.29) is 0 Å². The smallest absolute Gasteiger partial charge is 0.160 e. The van der Waals surface area contributed by atoms with Gasteiger partial charge in [0.1, 0.15) is 11.4 Å². The average molecular weight is 383 g/mol. The lowest BCUT2D eigenvalue weighted by Crippen LogP contribution is -1.98. The van der Waals surface area contributed by atoms with E-state index in [1.807, 2.05) is 43.1 Å². The zero-order chi connectivity index (χ0) is 19.1. The molecule has 4 aromatic heterocycles. The van der Waals surface area contributed by atoms with E-state index in [1.165, 1.54) is 0 Å². The Balaban J connectivity index is 1.65. The Kier molecular flexibility index (Phi) is 3.98. The van der Waals surface area contributed by atoms with Crippen LogP contribution in [0.1, 0.15) is 5.56 Å². The molecule has 136 valence electrons. The van der Waals surface area contributed by atoms with Crippen LogP contribution in [0, 0.1) is 6.92 Å². The summed E-state index contributed by atoms with van der Waals surface area (Å²) in [7, 11) is 1.97. The largest absolute Gasteiger partial charge is 0.333 e. The Morgan fingerprint density at radius 2 is 1.57 bits per heavy atom. The third-order valence-electron chi connectivity index (χ3n) is 4.72. The van der Waals surface area contributed by atoms with Crippen LogP contribution < -0.4 is 0 Å². The maximum absolute atomic E-state index is 4.58. The summed E-state index contributed by atoms with van der Waals surface area (Å²) in [5.74, 6) is 0.811. The number of rotatable bonds is 3. The summed E-state index contributed by atoms with van der Waals surface area (Å²) in [6, 6.07) is 16.6. The van der Waals surface area contributed by atoms with E-state index in [2.05, 4.69) is 56.6 Å². The Hall–Kier alpha value is -3.38. The van der Waals surface area contributed by atoms with Crippen LogP contribution in [0.15, 0.2) is 67.1 Å². The second kappa shape index (κ2) is 6.65. The van der Waals surface area contributed by atoms with Crippen LogP contribution in [0.3, 0.4) is 0 Å². The van der Waals surface area contributed by atoms with Crippen molar-refractivity contribution in [2.75, 3.05) is 0 Å². The van der Waals surface area contributed by atoms with Gasteiger partial charge in [0, 0.05) is 36.4 Å². The normalized spacial score (nSPS) is 11.2. The molecule has 5 aromatic rings. The van der Waals surface area contributed by atoms with Gasteiger partial charge in [-0.2, -0.15) is 0 Å². The Bertz CT molecular complexity index is 1280. The molecular weight excluding hydrogens is 366 g/mol. The van der Waals surface area contributed by atoms with Gasteiger partial charge in [0.05, 0.1) is 15.4 Å². The molecule has 0 amide bonds. The fraction of sp³-hybridized carbons (Fsp3) is 0.0909. The molecule has 0 atom stereocenters. The van der Waals surface area contributed by atoms with Crippen molar-refractivity contribution in [1.82, 2.24) is 24.7 Å². The first-order valence-electron chi connectivity index (χ1n) is 8.97. The summed E-state index contributed by atoms with van der Waals surface area (Å²) < 4.78 is 1.96. The molecule has 0 unspecified atom stereocenters. The number of aryl methyl sites for hydroxylation is 2. The highest BCUT2D eigenvalue weighted by Crippen LogP contribution is 2.37. The minimum Gasteiger partial charge on any atom is -0.333 e. The third-order valence-corrected chi connectivity index (χ3v) is 5.84. The van der Waals surface area contributed by atoms with Crippen molar-refractivity contribution in [3.63, 3.8) is 0 Å². The predicted molar refractivity (Wildman–Crippen MR) is 113 cm³/mol. The number of hydrogen-bond acceptors (Lipinski definition) is 5. The van der Waals surface area contributed by atoms with Gasteiger partial charge < -0.3 is 4.57 Å². The average Bonchev–Trinajstić information content (AvgIpc) is 3.37. The van der Waals surface area contributed by atoms with Crippen LogP contribution >= 0.6 is 11.3 Å². The molecule has 0 aliphatic heterocycles. The SMILES string of the molecule is Cc1ccc(-c2ccc(-c3nnc(-c4nccn4C)c4ccccc34)s2)nc1. The minimum absolute atomic E-state index is 0.795. The van der Waals surface area contributed by atoms with E-state index in [0.29, 0.717) is 0 Å². The molecule has 28 heavy (non-hydrogen) atoms. The summed E-state index contributed by atoms with van der Waals surface area (Å²) in [6.07, 6.45) is 5.59. The molecule has 0 saturated heterocycles. The topological polar surface area (TPSA) is 56.5 Å². The fourth-order valence-corrected chi connectivity index (χ4v) is 4.24. The molecule has 5 nitrogen and oxygen atoms in total. The van der Waals surface area contributed by atoms with E-state index in [0.717, 1.165) is 49.0 Å². The van der Waals surface area contributed by atoms with Crippen molar-refractivity contribution in [2.45, 2.75) is 6.92 Å². The van der Waals surface area contributed by atoms with Crippen LogP contribution in [0.5, 0.6) is 0 Å². The van der Waals surface area contributed by atoms with E-state index < -0.39 is 0 Å². The van der Waals surface area contributed by atoms with Crippen LogP contribution in [0.2, 0.25) is 0 Å². The minimum atomic E-state index is 0.795. The van der Waals surface area contributed by atoms with Gasteiger partial charge in [-0.1, -0.05) is 30.3 Å². The van der Waals surface area contributed by atoms with Gasteiger partial charge in [0.15, 0.2) is 5.82 Å². The second-order valence-electron chi connectivity index (χ2n) is 6.69. The number of benzene rings is 1. The van der Waals surface area contributed by atoms with Crippen molar-refractivity contribution in [3.05, 3.63) is 72.7 Å². The number of imidazole rings is 1. The Morgan fingerprint density at radius 3 is 2.29 bits per heavy atom. The zero-order valence-corrected chi connectivity index (χ0v) is 16.3. The van der Waals surface area contributed by atoms with E-state index in [1.54, 1.807) is 17.5 Å². The molecular formula is C22H17N5S. The lowest BCUT2D eigenvalue weighted by atomic mass is 10.1. The van der Waals surface area contributed by atoms with Gasteiger partial charge in [-0.15, -0.1) is 21.5 Å². The number of nitrogens with zero attached hydrogens (tertiary/aromatic N) is 5. The zero-order valence-electron chi connectivity index (χ0n) is 15.5. The molecule has 0 aliphatic carbocycles. The number of fused-ring (bicyclic) bond motifs is 1. The molecule has 0 fully saturated rings. The lowest BCUT2D eigenvalue weighted by molar-refractivity contribution is 0.909. The van der Waals surface area contributed by atoms with Crippen molar-refractivity contribution >= 4 is 22.1 Å². The molecule has 6 heteroatoms. The number of aromatic nitrogens is 5. The highest BCUT2D eigenvalue weighted by Gasteiger charge is 2.16. The first-order chi connectivity index (χ1) is 13.7. The van der Waals surface area contributed by atoms with Gasteiger partial charge in [-0.25, -0.2) is 4.98 Å². The first-order valence-corrected chi connectivity index (χ1v) is 9.79. The van der Waals surface area contributed by atoms with Crippen molar-refractivity contribution < 1.29 is 0 Å². The fourth-order valence-electron chi connectivity index (χ4n) is 3.26. The number of hydrogen-bond donors (Lipinski definition) is 0. The molecule has 0 N–H and O–H groups in total. The molecule has 0 radical (unpaired) electrons. The van der Waals surface area contributed by atoms with Crippen LogP contribution in [0.25, 0.3) is 43.4 Å². The van der Waals surface area contributed by atoms with Gasteiger partial charge in [0.2, 0.25) is 0 Å². The van der Waals surface area contributed by atoms with E-state index in [4.69, 9.17) is 0 Å². The summed E-state index contributed by atoms with van der Waals surface area (Å²) in [4.78, 5) is 11.2. The summed E-state index contributed by atoms with van der Waals surface area (Å²) >= 11 is 1.68. The van der Waals surface area contributed by atoms with Crippen LogP contribution in [-0.4, -0.2) is 24.7 Å². The Morgan fingerprint density at radius 1 is 0.821 bits per heavy atom. The lowest BCUT2D eigenvalue weighted by Gasteiger charge is -2.08. The molecule has 0 bridgehead atoms. The predicted octanol–water partition coefficient (Wildman–Crippen LogP) is 5.13. The van der Waals surface area contributed by atoms with E-state index >= 15 is 0 Å². The van der Waals surface area contributed by atoms with Gasteiger partial charge >= 0.3 is 0 Å². The standard InChI is InChI=1S/C22H17N5S/c1-14-7-8-17(24-13-14)18-9-10-19(28-18)20-15-5-3-4-6-16(15)21(26-25-20)22-23-11-12-27(22)2/h3-13H,1-2H3. The first kappa shape index (κ1) is 16.8. The summed E-state index contributed by atoms with van der Waals surface area (Å²) in [5.41, 5.74) is 3.81. The number of pyridine rings is 1. The quantitative estimate of drug-likeness (QED) is 0.433. The van der Waals surface area contributed by atoms with Gasteiger partial charge in [-0.05, 0) is 30.7 Å². The van der Waals surface area contributed by atoms with Crippen LogP contribution in [0.4, 0.5) is 0 Å². The summed E-state index contributed by atoms with van der Waals surface area (Å²) in [6.45, 7) is 2.04. The summed E-state index contributed by atoms with van der Waals surface area (Å²) in [5, 5.41) is 11.2. The van der Waals surface area contributed by atoms with Crippen molar-refractivity contribution in [2.24, 2.45) is 7.05 Å². The van der Waals surface area contributed by atoms with Crippen molar-refractivity contribution in [1.29, 1.82) is 0 Å². The van der Waals surface area contributed by atoms with Gasteiger partial charge in [-0.3, -0.25) is 4.98 Å². The molecule has 5 rings (SSSR count). The number of thiophene rings is 1. The van der Waals surface area contributed by atoms with Crippen molar-refractivity contribution in [3.8, 4) is 32.7 Å². The van der Waals surface area contributed by atoms with Gasteiger partial charge in [0.25, 0.3) is 0 Å². The molecule has 4 heterocycles. The molecule has 1 aromatic carbocycles. The monoisotopic (exact) mass is 383 g/mol.